The number of hydrogen-bond acceptors (Lipinski definition) is 8. The van der Waals surface area contributed by atoms with Crippen LogP contribution in [-0.2, 0) is 25.6 Å². The Kier molecular flexibility index (Phi) is 11.7. The minimum atomic E-state index is -1.55. The summed E-state index contributed by atoms with van der Waals surface area (Å²) in [5.41, 5.74) is 3.93. The summed E-state index contributed by atoms with van der Waals surface area (Å²) in [7, 11) is -1.55. The molecule has 0 aliphatic heterocycles. The van der Waals surface area contributed by atoms with Crippen molar-refractivity contribution in [1.29, 1.82) is 0 Å². The van der Waals surface area contributed by atoms with Gasteiger partial charge in [0.1, 0.15) is 6.61 Å². The van der Waals surface area contributed by atoms with Crippen molar-refractivity contribution in [2.45, 2.75) is 45.8 Å². The first-order valence-corrected chi connectivity index (χ1v) is 13.3. The standard InChI is InChI=1S/C30H35BN2O8/c1-4-39-28(34)17-27(33-30(36)41-19-22-9-6-5-7-10-22)23-11-8-12-25(16-23)32-29(35)40-18-21(3)26-14-13-24(31(37)38)15-20(26)2/h5-16,21,27,37-38H,4,17-19H2,1-3H3,(H,32,35)(H,33,36)/t21-,27+/m0/s1. The second kappa shape index (κ2) is 15.4. The Morgan fingerprint density at radius 2 is 1.66 bits per heavy atom. The quantitative estimate of drug-likeness (QED) is 0.148. The molecule has 0 saturated heterocycles. The molecule has 2 amide bonds. The number of aryl methyl sites for hydroxylation is 1. The number of nitrogens with one attached hydrogen (secondary N) is 2. The van der Waals surface area contributed by atoms with Gasteiger partial charge in [0.2, 0.25) is 0 Å². The zero-order valence-electron chi connectivity index (χ0n) is 23.3. The van der Waals surface area contributed by atoms with Crippen LogP contribution in [0, 0.1) is 6.92 Å². The van der Waals surface area contributed by atoms with E-state index in [1.165, 1.54) is 0 Å². The molecule has 0 aliphatic carbocycles. The molecule has 11 heteroatoms. The van der Waals surface area contributed by atoms with Crippen LogP contribution in [0.25, 0.3) is 0 Å². The van der Waals surface area contributed by atoms with E-state index in [1.807, 2.05) is 44.2 Å². The summed E-state index contributed by atoms with van der Waals surface area (Å²) < 4.78 is 15.8. The molecule has 0 unspecified atom stereocenters. The molecule has 2 atom stereocenters. The van der Waals surface area contributed by atoms with E-state index in [9.17, 15) is 24.4 Å². The number of amides is 2. The minimum absolute atomic E-state index is 0.0672. The molecule has 4 N–H and O–H groups in total. The van der Waals surface area contributed by atoms with Gasteiger partial charge >= 0.3 is 25.3 Å². The molecular formula is C30H35BN2O8. The highest BCUT2D eigenvalue weighted by Gasteiger charge is 2.21. The van der Waals surface area contributed by atoms with Gasteiger partial charge in [-0.15, -0.1) is 0 Å². The van der Waals surface area contributed by atoms with Crippen LogP contribution in [0.3, 0.4) is 0 Å². The number of anilines is 1. The molecular weight excluding hydrogens is 527 g/mol. The third kappa shape index (κ3) is 9.97. The lowest BCUT2D eigenvalue weighted by atomic mass is 9.78. The predicted octanol–water partition coefficient (Wildman–Crippen LogP) is 3.95. The molecule has 0 bridgehead atoms. The van der Waals surface area contributed by atoms with Crippen LogP contribution in [0.4, 0.5) is 15.3 Å². The molecule has 0 heterocycles. The summed E-state index contributed by atoms with van der Waals surface area (Å²) in [5.74, 6) is -0.638. The van der Waals surface area contributed by atoms with Crippen LogP contribution in [0.2, 0.25) is 0 Å². The van der Waals surface area contributed by atoms with Crippen LogP contribution in [0.15, 0.2) is 72.8 Å². The molecule has 216 valence electrons. The summed E-state index contributed by atoms with van der Waals surface area (Å²) in [6.07, 6.45) is -1.51. The van der Waals surface area contributed by atoms with Crippen molar-refractivity contribution >= 4 is 36.4 Å². The molecule has 0 fully saturated rings. The van der Waals surface area contributed by atoms with E-state index in [0.717, 1.165) is 16.7 Å². The van der Waals surface area contributed by atoms with Gasteiger partial charge in [0.05, 0.1) is 25.7 Å². The zero-order valence-corrected chi connectivity index (χ0v) is 23.3. The summed E-state index contributed by atoms with van der Waals surface area (Å²) in [4.78, 5) is 37.4. The second-order valence-electron chi connectivity index (χ2n) is 9.51. The topological polar surface area (TPSA) is 143 Å². The lowest BCUT2D eigenvalue weighted by Crippen LogP contribution is -2.31. The maximum Gasteiger partial charge on any atom is 0.488 e. The third-order valence-electron chi connectivity index (χ3n) is 6.30. The first kappa shape index (κ1) is 31.2. The SMILES string of the molecule is CCOC(=O)C[C@@H](NC(=O)OCc1ccccc1)c1cccc(NC(=O)OC[C@H](C)c2ccc(B(O)O)cc2C)c1. The normalized spacial score (nSPS) is 12.0. The van der Waals surface area contributed by atoms with E-state index >= 15 is 0 Å². The number of benzene rings is 3. The van der Waals surface area contributed by atoms with Crippen molar-refractivity contribution < 1.29 is 38.6 Å². The predicted molar refractivity (Wildman–Crippen MR) is 155 cm³/mol. The van der Waals surface area contributed by atoms with Crippen molar-refractivity contribution in [1.82, 2.24) is 5.32 Å². The summed E-state index contributed by atoms with van der Waals surface area (Å²) >= 11 is 0. The fourth-order valence-electron chi connectivity index (χ4n) is 4.24. The first-order chi connectivity index (χ1) is 19.7. The maximum absolute atomic E-state index is 12.6. The van der Waals surface area contributed by atoms with Gasteiger partial charge in [-0.05, 0) is 53.7 Å². The van der Waals surface area contributed by atoms with E-state index in [-0.39, 0.29) is 32.2 Å². The number of carbonyl (C=O) groups excluding carboxylic acids is 3. The summed E-state index contributed by atoms with van der Waals surface area (Å²) in [5, 5.41) is 24.1. The van der Waals surface area contributed by atoms with Crippen LogP contribution < -0.4 is 16.1 Å². The molecule has 41 heavy (non-hydrogen) atoms. The van der Waals surface area contributed by atoms with E-state index in [4.69, 9.17) is 14.2 Å². The molecule has 3 aromatic carbocycles. The molecule has 10 nitrogen and oxygen atoms in total. The lowest BCUT2D eigenvalue weighted by Gasteiger charge is -2.19. The Balaban J connectivity index is 1.62. The number of rotatable bonds is 12. The highest BCUT2D eigenvalue weighted by atomic mass is 16.6. The molecule has 3 rings (SSSR count). The van der Waals surface area contributed by atoms with Gasteiger partial charge in [-0.25, -0.2) is 9.59 Å². The molecule has 0 aliphatic rings. The summed E-state index contributed by atoms with van der Waals surface area (Å²) in [6, 6.07) is 20.2. The third-order valence-corrected chi connectivity index (χ3v) is 6.30. The summed E-state index contributed by atoms with van der Waals surface area (Å²) in [6.45, 7) is 5.80. The molecule has 0 aromatic heterocycles. The van der Waals surface area contributed by atoms with Crippen LogP contribution in [0.1, 0.15) is 54.5 Å². The van der Waals surface area contributed by atoms with Gasteiger partial charge in [-0.2, -0.15) is 0 Å². The van der Waals surface area contributed by atoms with Gasteiger partial charge in [-0.3, -0.25) is 10.1 Å². The highest BCUT2D eigenvalue weighted by Crippen LogP contribution is 2.23. The Morgan fingerprint density at radius 3 is 2.34 bits per heavy atom. The Bertz CT molecular complexity index is 1320. The molecule has 0 radical (unpaired) electrons. The molecule has 0 spiro atoms. The lowest BCUT2D eigenvalue weighted by molar-refractivity contribution is -0.143. The fourth-order valence-corrected chi connectivity index (χ4v) is 4.24. The van der Waals surface area contributed by atoms with Crippen molar-refractivity contribution in [2.75, 3.05) is 18.5 Å². The van der Waals surface area contributed by atoms with E-state index in [0.29, 0.717) is 16.7 Å². The Hall–Kier alpha value is -4.35. The maximum atomic E-state index is 12.6. The Morgan fingerprint density at radius 1 is 0.902 bits per heavy atom. The first-order valence-electron chi connectivity index (χ1n) is 13.3. The monoisotopic (exact) mass is 562 g/mol. The second-order valence-corrected chi connectivity index (χ2v) is 9.51. The van der Waals surface area contributed by atoms with Gasteiger partial charge in [0.25, 0.3) is 0 Å². The number of ether oxygens (including phenoxy) is 3. The van der Waals surface area contributed by atoms with E-state index in [1.54, 1.807) is 49.4 Å². The van der Waals surface area contributed by atoms with Gasteiger partial charge in [-0.1, -0.05) is 67.6 Å². The smallest absolute Gasteiger partial charge is 0.466 e. The average molecular weight is 562 g/mol. The van der Waals surface area contributed by atoms with E-state index < -0.39 is 31.3 Å². The van der Waals surface area contributed by atoms with Crippen LogP contribution >= 0.6 is 0 Å². The average Bonchev–Trinajstić information content (AvgIpc) is 2.95. The number of hydrogen-bond donors (Lipinski definition) is 4. The van der Waals surface area contributed by atoms with Gasteiger partial charge in [0, 0.05) is 11.6 Å². The van der Waals surface area contributed by atoms with Gasteiger partial charge in [0.15, 0.2) is 0 Å². The number of alkyl carbamates (subject to hydrolysis) is 1. The van der Waals surface area contributed by atoms with Crippen molar-refractivity contribution in [3.63, 3.8) is 0 Å². The highest BCUT2D eigenvalue weighted by molar-refractivity contribution is 6.58. The van der Waals surface area contributed by atoms with Crippen molar-refractivity contribution in [3.8, 4) is 0 Å². The largest absolute Gasteiger partial charge is 0.488 e. The minimum Gasteiger partial charge on any atom is -0.466 e. The van der Waals surface area contributed by atoms with Crippen LogP contribution in [-0.4, -0.2) is 48.5 Å². The van der Waals surface area contributed by atoms with E-state index in [2.05, 4.69) is 10.6 Å². The number of esters is 1. The fraction of sp³-hybridized carbons (Fsp3) is 0.300. The number of carbonyl (C=O) groups is 3. The van der Waals surface area contributed by atoms with Gasteiger partial charge < -0.3 is 29.6 Å². The van der Waals surface area contributed by atoms with Crippen molar-refractivity contribution in [2.24, 2.45) is 0 Å². The molecule has 3 aromatic rings. The Labute approximate surface area is 239 Å². The molecule has 0 saturated carbocycles. The van der Waals surface area contributed by atoms with Crippen molar-refractivity contribution in [3.05, 3.63) is 95.1 Å². The zero-order chi connectivity index (χ0) is 29.8. The van der Waals surface area contributed by atoms with Crippen LogP contribution in [0.5, 0.6) is 0 Å².